The summed E-state index contributed by atoms with van der Waals surface area (Å²) in [5.74, 6) is 1.23. The van der Waals surface area contributed by atoms with Gasteiger partial charge in [0.15, 0.2) is 0 Å². The monoisotopic (exact) mass is 388 g/mol. The van der Waals surface area contributed by atoms with Crippen LogP contribution < -0.4 is 9.47 Å². The number of esters is 1. The molecule has 3 aromatic carbocycles. The number of hydrogen-bond acceptors (Lipinski definition) is 4. The molecule has 0 aromatic heterocycles. The molecule has 0 aliphatic rings. The van der Waals surface area contributed by atoms with Crippen molar-refractivity contribution in [3.63, 3.8) is 0 Å². The van der Waals surface area contributed by atoms with Gasteiger partial charge in [0.05, 0.1) is 26.9 Å². The van der Waals surface area contributed by atoms with Crippen LogP contribution in [0.2, 0.25) is 0 Å². The van der Waals surface area contributed by atoms with Gasteiger partial charge in [-0.05, 0) is 71.2 Å². The fourth-order valence-corrected chi connectivity index (χ4v) is 3.28. The van der Waals surface area contributed by atoms with E-state index >= 15 is 0 Å². The molecule has 4 nitrogen and oxygen atoms in total. The molecule has 0 aliphatic heterocycles. The van der Waals surface area contributed by atoms with Crippen LogP contribution in [0, 0.1) is 0 Å². The molecule has 148 valence electrons. The van der Waals surface area contributed by atoms with Gasteiger partial charge >= 0.3 is 5.97 Å². The third-order valence-corrected chi connectivity index (χ3v) is 4.83. The van der Waals surface area contributed by atoms with Crippen LogP contribution in [0.4, 0.5) is 0 Å². The lowest BCUT2D eigenvalue weighted by Gasteiger charge is -2.16. The summed E-state index contributed by atoms with van der Waals surface area (Å²) < 4.78 is 15.6. The third-order valence-electron chi connectivity index (χ3n) is 4.83. The Morgan fingerprint density at radius 3 is 1.59 bits per heavy atom. The number of methoxy groups -OCH3 is 3. The van der Waals surface area contributed by atoms with E-state index in [0.29, 0.717) is 5.56 Å². The minimum absolute atomic E-state index is 0.348. The number of benzene rings is 3. The zero-order valence-electron chi connectivity index (χ0n) is 17.1. The van der Waals surface area contributed by atoms with Crippen molar-refractivity contribution in [3.05, 3.63) is 95.1 Å². The van der Waals surface area contributed by atoms with E-state index < -0.39 is 0 Å². The second-order valence-corrected chi connectivity index (χ2v) is 6.53. The summed E-state index contributed by atoms with van der Waals surface area (Å²) in [5.41, 5.74) is 5.74. The highest BCUT2D eigenvalue weighted by Crippen LogP contribution is 2.35. The van der Waals surface area contributed by atoms with E-state index in [1.807, 2.05) is 48.5 Å². The zero-order chi connectivity index (χ0) is 20.8. The van der Waals surface area contributed by atoms with E-state index in [2.05, 4.69) is 19.1 Å². The van der Waals surface area contributed by atoms with Gasteiger partial charge in [-0.3, -0.25) is 0 Å². The first-order chi connectivity index (χ1) is 14.1. The van der Waals surface area contributed by atoms with Gasteiger partial charge < -0.3 is 14.2 Å². The lowest BCUT2D eigenvalue weighted by molar-refractivity contribution is 0.0600. The Kier molecular flexibility index (Phi) is 6.35. The van der Waals surface area contributed by atoms with Gasteiger partial charge in [0, 0.05) is 0 Å². The molecule has 0 unspecified atom stereocenters. The van der Waals surface area contributed by atoms with Gasteiger partial charge in [-0.25, -0.2) is 4.79 Å². The maximum atomic E-state index is 11.8. The van der Waals surface area contributed by atoms with Crippen molar-refractivity contribution >= 4 is 17.1 Å². The summed E-state index contributed by atoms with van der Waals surface area (Å²) >= 11 is 0. The van der Waals surface area contributed by atoms with Gasteiger partial charge in [0.25, 0.3) is 0 Å². The smallest absolute Gasteiger partial charge is 0.337 e. The Hall–Kier alpha value is -3.53. The Morgan fingerprint density at radius 2 is 1.14 bits per heavy atom. The van der Waals surface area contributed by atoms with Crippen LogP contribution >= 0.6 is 0 Å². The van der Waals surface area contributed by atoms with Crippen LogP contribution in [-0.4, -0.2) is 27.3 Å². The molecule has 0 aliphatic carbocycles. The second kappa shape index (κ2) is 9.11. The van der Waals surface area contributed by atoms with Crippen molar-refractivity contribution in [2.24, 2.45) is 0 Å². The molecular formula is C25H24O4. The average molecular weight is 388 g/mol. The molecule has 0 fully saturated rings. The Morgan fingerprint density at radius 1 is 0.655 bits per heavy atom. The number of allylic oxidation sites excluding steroid dienone is 1. The predicted molar refractivity (Wildman–Crippen MR) is 115 cm³/mol. The summed E-state index contributed by atoms with van der Waals surface area (Å²) in [6.07, 6.45) is 0. The van der Waals surface area contributed by atoms with Crippen molar-refractivity contribution in [1.82, 2.24) is 0 Å². The molecular weight excluding hydrogens is 364 g/mol. The number of ether oxygens (including phenoxy) is 3. The lowest BCUT2D eigenvalue weighted by Crippen LogP contribution is -2.01. The summed E-state index contributed by atoms with van der Waals surface area (Å²) in [4.78, 5) is 11.8. The summed E-state index contributed by atoms with van der Waals surface area (Å²) in [5, 5.41) is 0. The minimum atomic E-state index is -0.348. The van der Waals surface area contributed by atoms with Crippen LogP contribution in [-0.2, 0) is 4.74 Å². The topological polar surface area (TPSA) is 44.8 Å². The Bertz CT molecular complexity index is 983. The van der Waals surface area contributed by atoms with Crippen LogP contribution in [0.5, 0.6) is 11.5 Å². The Labute approximate surface area is 171 Å². The standard InChI is InChI=1S/C25H24O4/c1-17(18-11-13-19(14-12-18)25(26)29-4)24(20-7-5-9-22(15-20)27-2)21-8-6-10-23(16-21)28-3/h5-16H,1-4H3. The molecule has 0 saturated heterocycles. The normalized spacial score (nSPS) is 10.2. The fourth-order valence-electron chi connectivity index (χ4n) is 3.28. The molecule has 4 heteroatoms. The molecule has 0 saturated carbocycles. The molecule has 0 bridgehead atoms. The number of hydrogen-bond donors (Lipinski definition) is 0. The highest BCUT2D eigenvalue weighted by Gasteiger charge is 2.13. The SMILES string of the molecule is COC(=O)c1ccc(C(C)=C(c2cccc(OC)c2)c2cccc(OC)c2)cc1. The van der Waals surface area contributed by atoms with Crippen LogP contribution in [0.3, 0.4) is 0 Å². The average Bonchev–Trinajstić information content (AvgIpc) is 2.79. The fraction of sp³-hybridized carbons (Fsp3) is 0.160. The summed E-state index contributed by atoms with van der Waals surface area (Å²) in [7, 11) is 4.70. The van der Waals surface area contributed by atoms with E-state index in [4.69, 9.17) is 14.2 Å². The minimum Gasteiger partial charge on any atom is -0.497 e. The predicted octanol–water partition coefficient (Wildman–Crippen LogP) is 5.47. The summed E-state index contributed by atoms with van der Waals surface area (Å²) in [6.45, 7) is 2.07. The van der Waals surface area contributed by atoms with Gasteiger partial charge in [-0.2, -0.15) is 0 Å². The second-order valence-electron chi connectivity index (χ2n) is 6.53. The van der Waals surface area contributed by atoms with Crippen LogP contribution in [0.25, 0.3) is 11.1 Å². The van der Waals surface area contributed by atoms with Crippen molar-refractivity contribution in [1.29, 1.82) is 0 Å². The highest BCUT2D eigenvalue weighted by molar-refractivity contribution is 5.98. The molecule has 0 spiro atoms. The third kappa shape index (κ3) is 4.49. The first-order valence-corrected chi connectivity index (χ1v) is 9.26. The van der Waals surface area contributed by atoms with E-state index in [-0.39, 0.29) is 5.97 Å². The Balaban J connectivity index is 2.18. The first kappa shape index (κ1) is 20.2. The largest absolute Gasteiger partial charge is 0.497 e. The van der Waals surface area contributed by atoms with Crippen molar-refractivity contribution in [3.8, 4) is 11.5 Å². The first-order valence-electron chi connectivity index (χ1n) is 9.26. The van der Waals surface area contributed by atoms with Gasteiger partial charge in [0.2, 0.25) is 0 Å². The van der Waals surface area contributed by atoms with E-state index in [0.717, 1.165) is 39.3 Å². The quantitative estimate of drug-likeness (QED) is 0.415. The molecule has 0 amide bonds. The van der Waals surface area contributed by atoms with Crippen LogP contribution in [0.15, 0.2) is 72.8 Å². The molecule has 3 aromatic rings. The van der Waals surface area contributed by atoms with E-state index in [1.54, 1.807) is 26.4 Å². The van der Waals surface area contributed by atoms with Crippen molar-refractivity contribution in [2.75, 3.05) is 21.3 Å². The zero-order valence-corrected chi connectivity index (χ0v) is 17.1. The number of carbonyl (C=O) groups is 1. The molecule has 0 N–H and O–H groups in total. The van der Waals surface area contributed by atoms with E-state index in [1.165, 1.54) is 7.11 Å². The number of rotatable bonds is 6. The molecule has 0 heterocycles. The maximum absolute atomic E-state index is 11.8. The van der Waals surface area contributed by atoms with E-state index in [9.17, 15) is 4.79 Å². The van der Waals surface area contributed by atoms with Gasteiger partial charge in [-0.15, -0.1) is 0 Å². The molecule has 3 rings (SSSR count). The van der Waals surface area contributed by atoms with Crippen molar-refractivity contribution < 1.29 is 19.0 Å². The maximum Gasteiger partial charge on any atom is 0.337 e. The molecule has 0 radical (unpaired) electrons. The van der Waals surface area contributed by atoms with Gasteiger partial charge in [-0.1, -0.05) is 36.4 Å². The summed E-state index contributed by atoms with van der Waals surface area (Å²) in [6, 6.07) is 23.4. The molecule has 29 heavy (non-hydrogen) atoms. The van der Waals surface area contributed by atoms with Gasteiger partial charge in [0.1, 0.15) is 11.5 Å². The van der Waals surface area contributed by atoms with Crippen LogP contribution in [0.1, 0.15) is 34.0 Å². The van der Waals surface area contributed by atoms with Crippen molar-refractivity contribution in [2.45, 2.75) is 6.92 Å². The molecule has 0 atom stereocenters. The highest BCUT2D eigenvalue weighted by atomic mass is 16.5. The number of carbonyl (C=O) groups excluding carboxylic acids is 1. The lowest BCUT2D eigenvalue weighted by atomic mass is 9.90.